The number of nitrogens with one attached hydrogen (secondary N) is 1. The number of nitrogens with zero attached hydrogens (tertiary/aromatic N) is 1. The first-order valence-corrected chi connectivity index (χ1v) is 16.8. The highest BCUT2D eigenvalue weighted by Crippen LogP contribution is 2.46. The normalized spacial score (nSPS) is 16.9. The number of benzene rings is 1. The quantitative estimate of drug-likeness (QED) is 0.133. The number of hydrogen-bond acceptors (Lipinski definition) is 8. The third-order valence-electron chi connectivity index (χ3n) is 6.87. The summed E-state index contributed by atoms with van der Waals surface area (Å²) in [5.74, 6) is -3.45. The van der Waals surface area contributed by atoms with E-state index in [0.29, 0.717) is 40.8 Å². The van der Waals surface area contributed by atoms with Crippen molar-refractivity contribution in [1.82, 2.24) is 4.90 Å². The number of hydrogen-bond donors (Lipinski definition) is 1. The highest BCUT2D eigenvalue weighted by atomic mass is 79.9. The van der Waals surface area contributed by atoms with E-state index in [9.17, 15) is 24.0 Å². The van der Waals surface area contributed by atoms with Crippen molar-refractivity contribution < 1.29 is 33.4 Å². The molecule has 41 heavy (non-hydrogen) atoms. The first-order chi connectivity index (χ1) is 19.3. The maximum Gasteiger partial charge on any atom is 0.341 e. The molecule has 2 aromatic rings. The van der Waals surface area contributed by atoms with Crippen molar-refractivity contribution in [1.29, 1.82) is 0 Å². The van der Waals surface area contributed by atoms with E-state index in [4.69, 9.17) is 9.47 Å². The van der Waals surface area contributed by atoms with E-state index < -0.39 is 48.2 Å². The van der Waals surface area contributed by atoms with Gasteiger partial charge in [-0.1, -0.05) is 20.8 Å². The van der Waals surface area contributed by atoms with E-state index in [-0.39, 0.29) is 17.7 Å². The van der Waals surface area contributed by atoms with Crippen LogP contribution in [0.4, 0.5) is 5.00 Å². The second kappa shape index (κ2) is 12.9. The van der Waals surface area contributed by atoms with E-state index in [1.54, 1.807) is 20.8 Å². The summed E-state index contributed by atoms with van der Waals surface area (Å²) in [5, 5.41) is 3.06. The van der Waals surface area contributed by atoms with Gasteiger partial charge in [-0.05, 0) is 107 Å². The van der Waals surface area contributed by atoms with Gasteiger partial charge in [0, 0.05) is 22.8 Å². The zero-order chi connectivity index (χ0) is 30.3. The summed E-state index contributed by atoms with van der Waals surface area (Å²) in [7, 11) is 0. The second-order valence-electron chi connectivity index (χ2n) is 10.1. The fraction of sp³-hybridized carbons (Fsp3) is 0.444. The Morgan fingerprint density at radius 1 is 1.00 bits per heavy atom. The van der Waals surface area contributed by atoms with Gasteiger partial charge in [-0.15, -0.1) is 11.3 Å². The standard InChI is InChI=1S/C27H26Br4N2O7S/c1-5-39-26(37)15-12-7-6-11(4)8-13(12)41-23(15)32-14(34)9-40-27(38)22(10(2)3)33-24(35)16-17(25(33)36)19(29)21(31)20(30)18(16)28/h10-11,22H,5-9H2,1-4H3,(H,32,34)/t11-,22-/m1/s1. The molecule has 0 bridgehead atoms. The lowest BCUT2D eigenvalue weighted by atomic mass is 9.88. The van der Waals surface area contributed by atoms with Gasteiger partial charge in [-0.25, -0.2) is 9.59 Å². The van der Waals surface area contributed by atoms with E-state index in [1.165, 1.54) is 11.3 Å². The van der Waals surface area contributed by atoms with Crippen LogP contribution in [0.15, 0.2) is 17.9 Å². The summed E-state index contributed by atoms with van der Waals surface area (Å²) < 4.78 is 12.4. The first-order valence-electron chi connectivity index (χ1n) is 12.8. The van der Waals surface area contributed by atoms with Crippen molar-refractivity contribution in [2.24, 2.45) is 11.8 Å². The van der Waals surface area contributed by atoms with Crippen LogP contribution in [0.25, 0.3) is 0 Å². The Kier molecular flexibility index (Phi) is 10.2. The molecule has 14 heteroatoms. The third-order valence-corrected chi connectivity index (χ3v) is 12.8. The SMILES string of the molecule is CCOC(=O)c1c(NC(=O)COC(=O)[C@@H](C(C)C)N2C(=O)c3c(Br)c(Br)c(Br)c(Br)c3C2=O)sc2c1CC[C@@H](C)C2. The molecule has 2 heterocycles. The van der Waals surface area contributed by atoms with Gasteiger partial charge in [0.15, 0.2) is 6.61 Å². The van der Waals surface area contributed by atoms with Crippen LogP contribution < -0.4 is 5.32 Å². The highest BCUT2D eigenvalue weighted by Gasteiger charge is 2.48. The van der Waals surface area contributed by atoms with Crippen LogP contribution in [0.3, 0.4) is 0 Å². The Hall–Kier alpha value is -1.61. The van der Waals surface area contributed by atoms with Gasteiger partial charge in [0.25, 0.3) is 17.7 Å². The molecule has 1 aromatic carbocycles. The Bertz CT molecular complexity index is 1430. The molecule has 1 aliphatic heterocycles. The Balaban J connectivity index is 1.52. The number of esters is 2. The molecular weight excluding hydrogens is 816 g/mol. The van der Waals surface area contributed by atoms with Crippen LogP contribution in [0, 0.1) is 11.8 Å². The van der Waals surface area contributed by atoms with Crippen molar-refractivity contribution in [3.05, 3.63) is 45.0 Å². The van der Waals surface area contributed by atoms with Gasteiger partial charge >= 0.3 is 11.9 Å². The van der Waals surface area contributed by atoms with Crippen LogP contribution in [0.1, 0.15) is 75.6 Å². The fourth-order valence-corrected chi connectivity index (χ4v) is 8.81. The summed E-state index contributed by atoms with van der Waals surface area (Å²) in [6, 6.07) is -1.28. The van der Waals surface area contributed by atoms with Crippen molar-refractivity contribution in [2.75, 3.05) is 18.5 Å². The zero-order valence-corrected chi connectivity index (χ0v) is 29.7. The molecule has 0 saturated carbocycles. The Labute approximate surface area is 274 Å². The number of halogens is 4. The molecule has 1 aromatic heterocycles. The van der Waals surface area contributed by atoms with Crippen molar-refractivity contribution in [3.63, 3.8) is 0 Å². The third kappa shape index (κ3) is 6.09. The average Bonchev–Trinajstić information content (AvgIpc) is 3.38. The number of anilines is 1. The minimum atomic E-state index is -1.28. The van der Waals surface area contributed by atoms with Crippen LogP contribution in [-0.4, -0.2) is 53.8 Å². The number of carbonyl (C=O) groups excluding carboxylic acids is 5. The van der Waals surface area contributed by atoms with Gasteiger partial charge in [0.2, 0.25) is 0 Å². The molecule has 0 spiro atoms. The Morgan fingerprint density at radius 2 is 1.59 bits per heavy atom. The van der Waals surface area contributed by atoms with Crippen molar-refractivity contribution >= 4 is 110 Å². The summed E-state index contributed by atoms with van der Waals surface area (Å²) in [6.07, 6.45) is 2.44. The molecule has 0 unspecified atom stereocenters. The molecule has 2 aliphatic rings. The molecule has 3 amide bonds. The molecule has 220 valence electrons. The number of carbonyl (C=O) groups is 5. The number of imide groups is 1. The number of ether oxygens (including phenoxy) is 2. The van der Waals surface area contributed by atoms with E-state index in [0.717, 1.165) is 28.2 Å². The average molecular weight is 842 g/mol. The lowest BCUT2D eigenvalue weighted by molar-refractivity contribution is -0.152. The molecule has 1 N–H and O–H groups in total. The smallest absolute Gasteiger partial charge is 0.341 e. The fourth-order valence-electron chi connectivity index (χ4n) is 4.94. The van der Waals surface area contributed by atoms with Gasteiger partial charge in [0.1, 0.15) is 11.0 Å². The van der Waals surface area contributed by atoms with Crippen LogP contribution in [0.2, 0.25) is 0 Å². The zero-order valence-electron chi connectivity index (χ0n) is 22.5. The van der Waals surface area contributed by atoms with Crippen LogP contribution in [0.5, 0.6) is 0 Å². The van der Waals surface area contributed by atoms with E-state index in [1.807, 2.05) is 0 Å². The molecule has 0 radical (unpaired) electrons. The second-order valence-corrected chi connectivity index (χ2v) is 14.4. The molecule has 4 rings (SSSR count). The van der Waals surface area contributed by atoms with Gasteiger partial charge < -0.3 is 14.8 Å². The van der Waals surface area contributed by atoms with E-state index >= 15 is 0 Å². The van der Waals surface area contributed by atoms with Crippen LogP contribution in [-0.2, 0) is 31.9 Å². The lowest BCUT2D eigenvalue weighted by Gasteiger charge is -2.27. The molecule has 9 nitrogen and oxygen atoms in total. The molecule has 0 saturated heterocycles. The number of thiophene rings is 1. The molecular formula is C27H26Br4N2O7S. The number of amides is 3. The summed E-state index contributed by atoms with van der Waals surface area (Å²) in [4.78, 5) is 67.7. The minimum Gasteiger partial charge on any atom is -0.462 e. The highest BCUT2D eigenvalue weighted by molar-refractivity contribution is 9.15. The van der Waals surface area contributed by atoms with Gasteiger partial charge in [-0.2, -0.15) is 0 Å². The molecule has 0 fully saturated rings. The van der Waals surface area contributed by atoms with Gasteiger partial charge in [0.05, 0.1) is 23.3 Å². The molecule has 2 atom stereocenters. The number of fused-ring (bicyclic) bond motifs is 2. The van der Waals surface area contributed by atoms with Crippen molar-refractivity contribution in [3.8, 4) is 0 Å². The van der Waals surface area contributed by atoms with Crippen molar-refractivity contribution in [2.45, 2.75) is 53.0 Å². The lowest BCUT2D eigenvalue weighted by Crippen LogP contribution is -2.49. The minimum absolute atomic E-state index is 0.107. The Morgan fingerprint density at radius 3 is 2.12 bits per heavy atom. The maximum absolute atomic E-state index is 13.4. The van der Waals surface area contributed by atoms with Crippen LogP contribution >= 0.6 is 75.1 Å². The number of rotatable bonds is 8. The predicted octanol–water partition coefficient (Wildman–Crippen LogP) is 6.90. The van der Waals surface area contributed by atoms with Gasteiger partial charge in [-0.3, -0.25) is 19.3 Å². The monoisotopic (exact) mass is 838 g/mol. The maximum atomic E-state index is 13.4. The first kappa shape index (κ1) is 32.3. The summed E-state index contributed by atoms with van der Waals surface area (Å²) in [6.45, 7) is 6.73. The molecule has 1 aliphatic carbocycles. The predicted molar refractivity (Wildman–Crippen MR) is 167 cm³/mol. The largest absolute Gasteiger partial charge is 0.462 e. The topological polar surface area (TPSA) is 119 Å². The van der Waals surface area contributed by atoms with E-state index in [2.05, 4.69) is 76.0 Å². The summed E-state index contributed by atoms with van der Waals surface area (Å²) in [5.41, 5.74) is 1.45. The summed E-state index contributed by atoms with van der Waals surface area (Å²) >= 11 is 14.8.